The normalized spacial score (nSPS) is 10.1. The zero-order valence-electron chi connectivity index (χ0n) is 9.15. The fourth-order valence-corrected chi connectivity index (χ4v) is 1.53. The number of anilines is 2. The summed E-state index contributed by atoms with van der Waals surface area (Å²) in [6, 6.07) is 5.46. The van der Waals surface area contributed by atoms with Gasteiger partial charge >= 0.3 is 0 Å². The third-order valence-corrected chi connectivity index (χ3v) is 2.51. The molecule has 0 fully saturated rings. The summed E-state index contributed by atoms with van der Waals surface area (Å²) in [5.74, 6) is -1.14. The van der Waals surface area contributed by atoms with Gasteiger partial charge in [-0.05, 0) is 24.3 Å². The van der Waals surface area contributed by atoms with E-state index in [1.54, 1.807) is 0 Å². The molecule has 0 aliphatic heterocycles. The number of nitrogens with zero attached hydrogens (tertiary/aromatic N) is 1. The molecular formula is C12H9ClFN3O. The maximum Gasteiger partial charge on any atom is 0.259 e. The zero-order valence-corrected chi connectivity index (χ0v) is 9.91. The van der Waals surface area contributed by atoms with Crippen LogP contribution < -0.4 is 11.1 Å². The molecule has 0 aliphatic carbocycles. The van der Waals surface area contributed by atoms with Gasteiger partial charge in [0.05, 0.1) is 11.3 Å². The molecule has 0 radical (unpaired) electrons. The van der Waals surface area contributed by atoms with Gasteiger partial charge < -0.3 is 11.1 Å². The minimum Gasteiger partial charge on any atom is -0.398 e. The molecular weight excluding hydrogens is 257 g/mol. The first kappa shape index (κ1) is 12.3. The molecule has 0 spiro atoms. The number of carbonyl (C=O) groups is 1. The summed E-state index contributed by atoms with van der Waals surface area (Å²) in [6.45, 7) is 0. The monoisotopic (exact) mass is 265 g/mol. The molecule has 2 aromatic rings. The summed E-state index contributed by atoms with van der Waals surface area (Å²) >= 11 is 5.61. The van der Waals surface area contributed by atoms with Gasteiger partial charge in [-0.2, -0.15) is 0 Å². The third kappa shape index (κ3) is 2.57. The molecule has 0 bridgehead atoms. The van der Waals surface area contributed by atoms with Crippen molar-refractivity contribution < 1.29 is 9.18 Å². The van der Waals surface area contributed by atoms with Gasteiger partial charge in [-0.1, -0.05) is 11.6 Å². The Morgan fingerprint density at radius 2 is 2.17 bits per heavy atom. The average molecular weight is 266 g/mol. The molecule has 18 heavy (non-hydrogen) atoms. The van der Waals surface area contributed by atoms with Crippen molar-refractivity contribution in [3.63, 3.8) is 0 Å². The van der Waals surface area contributed by atoms with Crippen LogP contribution in [0.15, 0.2) is 36.7 Å². The SMILES string of the molecule is Nc1ccncc1C(=O)Nc1ccc(Cl)cc1F. The first-order valence-corrected chi connectivity index (χ1v) is 5.41. The second kappa shape index (κ2) is 5.01. The lowest BCUT2D eigenvalue weighted by Crippen LogP contribution is -2.15. The molecule has 1 aromatic carbocycles. The van der Waals surface area contributed by atoms with Crippen LogP contribution in [0, 0.1) is 5.82 Å². The largest absolute Gasteiger partial charge is 0.398 e. The number of hydrogen-bond acceptors (Lipinski definition) is 3. The predicted octanol–water partition coefficient (Wildman–Crippen LogP) is 2.71. The van der Waals surface area contributed by atoms with E-state index in [1.807, 2.05) is 0 Å². The smallest absolute Gasteiger partial charge is 0.259 e. The van der Waals surface area contributed by atoms with Crippen molar-refractivity contribution in [2.75, 3.05) is 11.1 Å². The van der Waals surface area contributed by atoms with E-state index in [-0.39, 0.29) is 22.0 Å². The van der Waals surface area contributed by atoms with Gasteiger partial charge in [0.2, 0.25) is 0 Å². The average Bonchev–Trinajstić information content (AvgIpc) is 2.33. The van der Waals surface area contributed by atoms with Crippen LogP contribution in [-0.4, -0.2) is 10.9 Å². The van der Waals surface area contributed by atoms with E-state index >= 15 is 0 Å². The molecule has 0 aliphatic rings. The number of amides is 1. The van der Waals surface area contributed by atoms with Crippen LogP contribution >= 0.6 is 11.6 Å². The Hall–Kier alpha value is -2.14. The number of hydrogen-bond donors (Lipinski definition) is 2. The fraction of sp³-hybridized carbons (Fsp3) is 0. The fourth-order valence-electron chi connectivity index (χ4n) is 1.38. The molecule has 4 nitrogen and oxygen atoms in total. The summed E-state index contributed by atoms with van der Waals surface area (Å²) in [7, 11) is 0. The first-order valence-electron chi connectivity index (χ1n) is 5.04. The Labute approximate surface area is 108 Å². The maximum atomic E-state index is 13.5. The Balaban J connectivity index is 2.24. The van der Waals surface area contributed by atoms with Crippen molar-refractivity contribution >= 4 is 28.9 Å². The van der Waals surface area contributed by atoms with Crippen molar-refractivity contribution in [2.24, 2.45) is 0 Å². The standard InChI is InChI=1S/C12H9ClFN3O/c13-7-1-2-11(9(14)5-7)17-12(18)8-6-16-4-3-10(8)15/h1-6H,(H2,15,16)(H,17,18). The quantitative estimate of drug-likeness (QED) is 0.877. The molecule has 92 valence electrons. The molecule has 2 rings (SSSR count). The summed E-state index contributed by atoms with van der Waals surface area (Å²) in [5, 5.41) is 2.66. The van der Waals surface area contributed by atoms with E-state index in [2.05, 4.69) is 10.3 Å². The molecule has 0 atom stereocenters. The highest BCUT2D eigenvalue weighted by Crippen LogP contribution is 2.20. The van der Waals surface area contributed by atoms with Gasteiger partial charge in [0.25, 0.3) is 5.91 Å². The number of aromatic nitrogens is 1. The lowest BCUT2D eigenvalue weighted by atomic mass is 10.2. The topological polar surface area (TPSA) is 68.0 Å². The van der Waals surface area contributed by atoms with Crippen LogP contribution in [0.4, 0.5) is 15.8 Å². The maximum absolute atomic E-state index is 13.5. The summed E-state index contributed by atoms with van der Waals surface area (Å²) in [4.78, 5) is 15.6. The van der Waals surface area contributed by atoms with E-state index in [0.29, 0.717) is 0 Å². The van der Waals surface area contributed by atoms with E-state index in [1.165, 1.54) is 30.6 Å². The number of benzene rings is 1. The van der Waals surface area contributed by atoms with Crippen molar-refractivity contribution in [3.8, 4) is 0 Å². The summed E-state index contributed by atoms with van der Waals surface area (Å²) in [5.41, 5.74) is 6.12. The van der Waals surface area contributed by atoms with Crippen LogP contribution in [0.5, 0.6) is 0 Å². The summed E-state index contributed by atoms with van der Waals surface area (Å²) < 4.78 is 13.5. The van der Waals surface area contributed by atoms with Crippen LogP contribution in [0.3, 0.4) is 0 Å². The van der Waals surface area contributed by atoms with E-state index < -0.39 is 11.7 Å². The number of nitrogens with two attached hydrogens (primary N) is 1. The van der Waals surface area contributed by atoms with Crippen molar-refractivity contribution in [2.45, 2.75) is 0 Å². The van der Waals surface area contributed by atoms with E-state index in [9.17, 15) is 9.18 Å². The van der Waals surface area contributed by atoms with Crippen molar-refractivity contribution in [3.05, 3.63) is 53.1 Å². The van der Waals surface area contributed by atoms with Crippen molar-refractivity contribution in [1.82, 2.24) is 4.98 Å². The van der Waals surface area contributed by atoms with Crippen LogP contribution in [0.1, 0.15) is 10.4 Å². The highest BCUT2D eigenvalue weighted by Gasteiger charge is 2.12. The molecule has 3 N–H and O–H groups in total. The highest BCUT2D eigenvalue weighted by molar-refractivity contribution is 6.30. The first-order chi connectivity index (χ1) is 8.58. The second-order valence-corrected chi connectivity index (χ2v) is 3.98. The van der Waals surface area contributed by atoms with Gasteiger partial charge in [0.1, 0.15) is 5.82 Å². The minimum absolute atomic E-state index is 0.0349. The Bertz CT molecular complexity index is 604. The number of carbonyl (C=O) groups excluding carboxylic acids is 1. The molecule has 0 saturated heterocycles. The highest BCUT2D eigenvalue weighted by atomic mass is 35.5. The number of pyridine rings is 1. The Morgan fingerprint density at radius 1 is 1.39 bits per heavy atom. The van der Waals surface area contributed by atoms with E-state index in [4.69, 9.17) is 17.3 Å². The molecule has 1 amide bonds. The third-order valence-electron chi connectivity index (χ3n) is 2.28. The van der Waals surface area contributed by atoms with Gasteiger partial charge in [-0.25, -0.2) is 4.39 Å². The molecule has 0 unspecified atom stereocenters. The number of nitrogens with one attached hydrogen (secondary N) is 1. The van der Waals surface area contributed by atoms with Crippen LogP contribution in [-0.2, 0) is 0 Å². The molecule has 6 heteroatoms. The number of rotatable bonds is 2. The Morgan fingerprint density at radius 3 is 2.83 bits per heavy atom. The van der Waals surface area contributed by atoms with Crippen LogP contribution in [0.2, 0.25) is 5.02 Å². The Kier molecular flexibility index (Phi) is 3.43. The summed E-state index contributed by atoms with van der Waals surface area (Å²) in [6.07, 6.45) is 2.79. The van der Waals surface area contributed by atoms with Crippen LogP contribution in [0.25, 0.3) is 0 Å². The van der Waals surface area contributed by atoms with E-state index in [0.717, 1.165) is 6.07 Å². The molecule has 0 saturated carbocycles. The minimum atomic E-state index is -0.613. The van der Waals surface area contributed by atoms with Gasteiger partial charge in [-0.3, -0.25) is 9.78 Å². The number of halogens is 2. The zero-order chi connectivity index (χ0) is 13.1. The van der Waals surface area contributed by atoms with Gasteiger partial charge in [-0.15, -0.1) is 0 Å². The van der Waals surface area contributed by atoms with Crippen molar-refractivity contribution in [1.29, 1.82) is 0 Å². The number of nitrogen functional groups attached to an aromatic ring is 1. The van der Waals surface area contributed by atoms with Gasteiger partial charge in [0, 0.05) is 23.1 Å². The molecule has 1 aromatic heterocycles. The lowest BCUT2D eigenvalue weighted by Gasteiger charge is -2.07. The predicted molar refractivity (Wildman–Crippen MR) is 68.0 cm³/mol. The van der Waals surface area contributed by atoms with Gasteiger partial charge in [0.15, 0.2) is 0 Å². The lowest BCUT2D eigenvalue weighted by molar-refractivity contribution is 0.102. The molecule has 1 heterocycles. The second-order valence-electron chi connectivity index (χ2n) is 3.54.